The molecule has 4 rings (SSSR count). The van der Waals surface area contributed by atoms with Crippen molar-refractivity contribution in [2.24, 2.45) is 11.8 Å². The van der Waals surface area contributed by atoms with Gasteiger partial charge >= 0.3 is 0 Å². The van der Waals surface area contributed by atoms with Crippen LogP contribution in [0.5, 0.6) is 0 Å². The van der Waals surface area contributed by atoms with E-state index in [-0.39, 0.29) is 0 Å². The molecule has 2 atom stereocenters. The fraction of sp³-hybridized carbons (Fsp3) is 0.357. The molecular formula is C14H14N2. The maximum Gasteiger partial charge on any atom is 0.0703 e. The monoisotopic (exact) mass is 210 g/mol. The Morgan fingerprint density at radius 2 is 2.00 bits per heavy atom. The van der Waals surface area contributed by atoms with Crippen LogP contribution in [0.2, 0.25) is 0 Å². The second-order valence-corrected chi connectivity index (χ2v) is 5.04. The largest absolute Gasteiger partial charge is 0.371 e. The van der Waals surface area contributed by atoms with Gasteiger partial charge in [0.25, 0.3) is 0 Å². The highest BCUT2D eigenvalue weighted by Gasteiger charge is 2.44. The molecule has 1 aliphatic carbocycles. The van der Waals surface area contributed by atoms with E-state index in [9.17, 15) is 0 Å². The van der Waals surface area contributed by atoms with Gasteiger partial charge in [0.2, 0.25) is 0 Å². The van der Waals surface area contributed by atoms with E-state index < -0.39 is 0 Å². The van der Waals surface area contributed by atoms with Gasteiger partial charge in [-0.2, -0.15) is 0 Å². The molecule has 1 aromatic heterocycles. The van der Waals surface area contributed by atoms with Crippen molar-refractivity contribution in [3.8, 4) is 0 Å². The first-order chi connectivity index (χ1) is 7.90. The number of hydrogen-bond acceptors (Lipinski definition) is 2. The maximum absolute atomic E-state index is 4.35. The summed E-state index contributed by atoms with van der Waals surface area (Å²) in [6.07, 6.45) is 3.32. The highest BCUT2D eigenvalue weighted by atomic mass is 15.2. The predicted molar refractivity (Wildman–Crippen MR) is 65.6 cm³/mol. The minimum absolute atomic E-state index is 0.990. The van der Waals surface area contributed by atoms with E-state index in [4.69, 9.17) is 0 Å². The molecule has 0 amide bonds. The molecule has 16 heavy (non-hydrogen) atoms. The van der Waals surface area contributed by atoms with Gasteiger partial charge in [-0.3, -0.25) is 4.98 Å². The van der Waals surface area contributed by atoms with Crippen molar-refractivity contribution in [1.29, 1.82) is 0 Å². The van der Waals surface area contributed by atoms with Crippen molar-refractivity contribution in [2.75, 3.05) is 18.0 Å². The van der Waals surface area contributed by atoms with Crippen molar-refractivity contribution >= 4 is 16.6 Å². The minimum Gasteiger partial charge on any atom is -0.371 e. The second-order valence-electron chi connectivity index (χ2n) is 5.04. The molecule has 2 aromatic rings. The van der Waals surface area contributed by atoms with E-state index in [0.29, 0.717) is 0 Å². The van der Waals surface area contributed by atoms with E-state index in [1.165, 1.54) is 30.6 Å². The summed E-state index contributed by atoms with van der Waals surface area (Å²) in [5, 5.41) is 1.25. The molecule has 2 heterocycles. The third-order valence-electron chi connectivity index (χ3n) is 3.93. The lowest BCUT2D eigenvalue weighted by Crippen LogP contribution is -2.21. The van der Waals surface area contributed by atoms with Gasteiger partial charge in [0.05, 0.1) is 5.52 Å². The highest BCUT2D eigenvalue weighted by Crippen LogP contribution is 2.46. The zero-order chi connectivity index (χ0) is 10.5. The third-order valence-corrected chi connectivity index (χ3v) is 3.93. The first-order valence-corrected chi connectivity index (χ1v) is 6.00. The lowest BCUT2D eigenvalue weighted by Gasteiger charge is -2.20. The predicted octanol–water partition coefficient (Wildman–Crippen LogP) is 2.69. The number of pyridine rings is 1. The molecule has 0 spiro atoms. The van der Waals surface area contributed by atoms with Gasteiger partial charge in [-0.1, -0.05) is 6.07 Å². The van der Waals surface area contributed by atoms with E-state index in [1.54, 1.807) is 0 Å². The van der Waals surface area contributed by atoms with E-state index in [1.807, 2.05) is 12.3 Å². The standard InChI is InChI=1S/C14H14N2/c1-2-10-7-13(3-4-14(10)15-5-1)16-8-11-6-12(11)9-16/h1-5,7,11-12H,6,8-9H2/t11-,12+. The zero-order valence-corrected chi connectivity index (χ0v) is 9.13. The van der Waals surface area contributed by atoms with Gasteiger partial charge in [0.15, 0.2) is 0 Å². The van der Waals surface area contributed by atoms with Gasteiger partial charge in [0, 0.05) is 30.4 Å². The van der Waals surface area contributed by atoms with Crippen molar-refractivity contribution in [3.05, 3.63) is 36.5 Å². The molecule has 80 valence electrons. The Kier molecular flexibility index (Phi) is 1.59. The Labute approximate surface area is 94.9 Å². The molecule has 0 bridgehead atoms. The molecule has 2 nitrogen and oxygen atoms in total. The van der Waals surface area contributed by atoms with Crippen LogP contribution in [0, 0.1) is 11.8 Å². The summed E-state index contributed by atoms with van der Waals surface area (Å²) in [5.41, 5.74) is 2.46. The van der Waals surface area contributed by atoms with Crippen LogP contribution in [-0.4, -0.2) is 18.1 Å². The molecule has 0 unspecified atom stereocenters. The molecule has 1 aliphatic heterocycles. The van der Waals surface area contributed by atoms with Gasteiger partial charge < -0.3 is 4.90 Å². The SMILES string of the molecule is c1cnc2ccc(N3C[C@H]4C[C@H]4C3)cc2c1. The van der Waals surface area contributed by atoms with Crippen LogP contribution in [0.1, 0.15) is 6.42 Å². The Bertz CT molecular complexity index is 539. The Hall–Kier alpha value is -1.57. The average molecular weight is 210 g/mol. The minimum atomic E-state index is 0.990. The summed E-state index contributed by atoms with van der Waals surface area (Å²) < 4.78 is 0. The van der Waals surface area contributed by atoms with Gasteiger partial charge in [-0.05, 0) is 42.5 Å². The smallest absolute Gasteiger partial charge is 0.0703 e. The number of rotatable bonds is 1. The Balaban J connectivity index is 1.75. The molecule has 2 heteroatoms. The van der Waals surface area contributed by atoms with Crippen LogP contribution in [0.4, 0.5) is 5.69 Å². The van der Waals surface area contributed by atoms with Crippen molar-refractivity contribution < 1.29 is 0 Å². The number of benzene rings is 1. The summed E-state index contributed by atoms with van der Waals surface area (Å²) in [6.45, 7) is 2.52. The third kappa shape index (κ3) is 1.22. The normalized spacial score (nSPS) is 27.1. The average Bonchev–Trinajstić information content (AvgIpc) is 2.96. The summed E-state index contributed by atoms with van der Waals surface area (Å²) in [4.78, 5) is 6.87. The van der Waals surface area contributed by atoms with Crippen LogP contribution in [0.3, 0.4) is 0 Å². The molecule has 1 aromatic carbocycles. The zero-order valence-electron chi connectivity index (χ0n) is 9.13. The van der Waals surface area contributed by atoms with Crippen molar-refractivity contribution in [2.45, 2.75) is 6.42 Å². The molecule has 1 saturated carbocycles. The summed E-state index contributed by atoms with van der Waals surface area (Å²) in [5.74, 6) is 1.98. The molecule has 2 fully saturated rings. The van der Waals surface area contributed by atoms with Gasteiger partial charge in [-0.25, -0.2) is 0 Å². The summed E-state index contributed by atoms with van der Waals surface area (Å²) in [7, 11) is 0. The lowest BCUT2D eigenvalue weighted by atomic mass is 10.2. The molecule has 1 saturated heterocycles. The van der Waals surface area contributed by atoms with E-state index >= 15 is 0 Å². The molecule has 2 aliphatic rings. The molecular weight excluding hydrogens is 196 g/mol. The van der Waals surface area contributed by atoms with E-state index in [2.05, 4.69) is 34.1 Å². The maximum atomic E-state index is 4.35. The highest BCUT2D eigenvalue weighted by molar-refractivity contribution is 5.82. The topological polar surface area (TPSA) is 16.1 Å². The van der Waals surface area contributed by atoms with Crippen LogP contribution in [-0.2, 0) is 0 Å². The van der Waals surface area contributed by atoms with Crippen molar-refractivity contribution in [3.63, 3.8) is 0 Å². The summed E-state index contributed by atoms with van der Waals surface area (Å²) >= 11 is 0. The second kappa shape index (κ2) is 2.97. The number of hydrogen-bond donors (Lipinski definition) is 0. The first kappa shape index (κ1) is 8.57. The number of aromatic nitrogens is 1. The lowest BCUT2D eigenvalue weighted by molar-refractivity contribution is 0.820. The first-order valence-electron chi connectivity index (χ1n) is 6.00. The van der Waals surface area contributed by atoms with Gasteiger partial charge in [-0.15, -0.1) is 0 Å². The summed E-state index contributed by atoms with van der Waals surface area (Å²) in [6, 6.07) is 10.8. The number of piperidine rings is 1. The van der Waals surface area contributed by atoms with Crippen LogP contribution in [0.25, 0.3) is 10.9 Å². The number of anilines is 1. The van der Waals surface area contributed by atoms with Crippen LogP contribution in [0.15, 0.2) is 36.5 Å². The Morgan fingerprint density at radius 3 is 2.88 bits per heavy atom. The van der Waals surface area contributed by atoms with E-state index in [0.717, 1.165) is 17.4 Å². The Morgan fingerprint density at radius 1 is 1.12 bits per heavy atom. The molecule has 0 radical (unpaired) electrons. The van der Waals surface area contributed by atoms with Crippen molar-refractivity contribution in [1.82, 2.24) is 4.98 Å². The number of fused-ring (bicyclic) bond motifs is 2. The molecule has 0 N–H and O–H groups in total. The number of nitrogens with zero attached hydrogens (tertiary/aromatic N) is 2. The van der Waals surface area contributed by atoms with Crippen LogP contribution >= 0.6 is 0 Å². The van der Waals surface area contributed by atoms with Gasteiger partial charge in [0.1, 0.15) is 0 Å². The quantitative estimate of drug-likeness (QED) is 0.719. The van der Waals surface area contributed by atoms with Crippen LogP contribution < -0.4 is 4.90 Å². The fourth-order valence-corrected chi connectivity index (χ4v) is 2.87. The fourth-order valence-electron chi connectivity index (χ4n) is 2.87.